The van der Waals surface area contributed by atoms with Crippen LogP contribution in [-0.2, 0) is 4.74 Å². The molecule has 2 unspecified atom stereocenters. The molecule has 0 aliphatic carbocycles. The first-order valence-electron chi connectivity index (χ1n) is 11.6. The van der Waals surface area contributed by atoms with Crippen LogP contribution in [0.1, 0.15) is 47.3 Å². The number of benzene rings is 4. The van der Waals surface area contributed by atoms with Gasteiger partial charge in [-0.25, -0.2) is 0 Å². The molecule has 0 N–H and O–H groups in total. The number of hydrogen-bond donors (Lipinski definition) is 0. The Hall–Kier alpha value is -3.68. The van der Waals surface area contributed by atoms with Crippen molar-refractivity contribution in [2.24, 2.45) is 0 Å². The second-order valence-corrected chi connectivity index (χ2v) is 8.03. The molecule has 4 aromatic rings. The Kier molecular flexibility index (Phi) is 8.45. The van der Waals surface area contributed by atoms with Gasteiger partial charge in [0.15, 0.2) is 0 Å². The van der Waals surface area contributed by atoms with E-state index in [1.165, 1.54) is 22.3 Å². The highest BCUT2D eigenvalue weighted by Gasteiger charge is 2.18. The van der Waals surface area contributed by atoms with Crippen molar-refractivity contribution in [2.75, 3.05) is 0 Å². The molecular weight excluding hydrogens is 400 g/mol. The van der Waals surface area contributed by atoms with Gasteiger partial charge in [0.2, 0.25) is 0 Å². The van der Waals surface area contributed by atoms with Gasteiger partial charge in [-0.1, -0.05) is 146 Å². The molecule has 0 bridgehead atoms. The lowest BCUT2D eigenvalue weighted by molar-refractivity contribution is -0.0119. The predicted molar refractivity (Wildman–Crippen MR) is 140 cm³/mol. The molecule has 33 heavy (non-hydrogen) atoms. The molecule has 0 amide bonds. The smallest absolute Gasteiger partial charge is 0.0867 e. The fourth-order valence-corrected chi connectivity index (χ4v) is 3.86. The van der Waals surface area contributed by atoms with Crippen molar-refractivity contribution in [3.05, 3.63) is 156 Å². The van der Waals surface area contributed by atoms with Crippen molar-refractivity contribution in [3.63, 3.8) is 0 Å². The highest BCUT2D eigenvalue weighted by molar-refractivity contribution is 5.49. The van der Waals surface area contributed by atoms with Crippen LogP contribution in [0.5, 0.6) is 0 Å². The summed E-state index contributed by atoms with van der Waals surface area (Å²) in [5.74, 6) is 0. The zero-order valence-corrected chi connectivity index (χ0v) is 18.8. The minimum atomic E-state index is -0.0264. The average Bonchev–Trinajstić information content (AvgIpc) is 2.89. The number of ether oxygens (including phenoxy) is 1. The molecule has 0 radical (unpaired) electrons. The van der Waals surface area contributed by atoms with Crippen LogP contribution in [0.2, 0.25) is 0 Å². The first kappa shape index (κ1) is 22.5. The van der Waals surface area contributed by atoms with Crippen molar-refractivity contribution in [1.29, 1.82) is 0 Å². The Balaban J connectivity index is 1.54. The number of hydrogen-bond acceptors (Lipinski definition) is 1. The molecule has 2 atom stereocenters. The van der Waals surface area contributed by atoms with Crippen LogP contribution in [0.3, 0.4) is 0 Å². The van der Waals surface area contributed by atoms with Gasteiger partial charge in [0.05, 0.1) is 12.2 Å². The monoisotopic (exact) mass is 430 g/mol. The van der Waals surface area contributed by atoms with Gasteiger partial charge in [-0.15, -0.1) is 0 Å². The first-order valence-corrected chi connectivity index (χ1v) is 11.6. The van der Waals surface area contributed by atoms with Gasteiger partial charge in [0, 0.05) is 0 Å². The van der Waals surface area contributed by atoms with Crippen molar-refractivity contribution in [3.8, 4) is 0 Å². The Morgan fingerprint density at radius 1 is 0.455 bits per heavy atom. The van der Waals surface area contributed by atoms with E-state index in [1.807, 2.05) is 12.1 Å². The lowest BCUT2D eigenvalue weighted by Gasteiger charge is -2.24. The molecule has 1 heteroatoms. The molecule has 1 nitrogen and oxygen atoms in total. The molecule has 0 heterocycles. The Labute approximate surface area is 197 Å². The maximum absolute atomic E-state index is 6.80. The molecule has 0 saturated carbocycles. The summed E-state index contributed by atoms with van der Waals surface area (Å²) in [4.78, 5) is 0. The Morgan fingerprint density at radius 3 is 1.15 bits per heavy atom. The summed E-state index contributed by atoms with van der Waals surface area (Å²) in [5.41, 5.74) is 4.80. The summed E-state index contributed by atoms with van der Waals surface area (Å²) in [6, 6.07) is 41.9. The van der Waals surface area contributed by atoms with Gasteiger partial charge >= 0.3 is 0 Å². The van der Waals surface area contributed by atoms with E-state index < -0.39 is 0 Å². The predicted octanol–water partition coefficient (Wildman–Crippen LogP) is 8.69. The van der Waals surface area contributed by atoms with Crippen LogP contribution in [0, 0.1) is 0 Å². The van der Waals surface area contributed by atoms with Gasteiger partial charge < -0.3 is 4.74 Å². The van der Waals surface area contributed by atoms with Gasteiger partial charge in [0.25, 0.3) is 0 Å². The lowest BCUT2D eigenvalue weighted by Crippen LogP contribution is -2.10. The zero-order chi connectivity index (χ0) is 22.6. The fourth-order valence-electron chi connectivity index (χ4n) is 3.86. The highest BCUT2D eigenvalue weighted by Crippen LogP contribution is 2.32. The molecule has 0 aliphatic heterocycles. The number of rotatable bonds is 10. The molecule has 4 rings (SSSR count). The molecule has 0 spiro atoms. The van der Waals surface area contributed by atoms with E-state index in [2.05, 4.69) is 133 Å². The second kappa shape index (κ2) is 12.4. The Morgan fingerprint density at radius 2 is 0.788 bits per heavy atom. The quantitative estimate of drug-likeness (QED) is 0.244. The maximum Gasteiger partial charge on any atom is 0.0867 e. The van der Waals surface area contributed by atoms with Crippen LogP contribution < -0.4 is 0 Å². The van der Waals surface area contributed by atoms with Crippen LogP contribution in [-0.4, -0.2) is 0 Å². The van der Waals surface area contributed by atoms with E-state index >= 15 is 0 Å². The van der Waals surface area contributed by atoms with E-state index in [-0.39, 0.29) is 12.2 Å². The van der Waals surface area contributed by atoms with E-state index in [4.69, 9.17) is 4.74 Å². The van der Waals surface area contributed by atoms with Gasteiger partial charge in [-0.2, -0.15) is 0 Å². The van der Waals surface area contributed by atoms with Crippen molar-refractivity contribution >= 4 is 12.2 Å². The minimum Gasteiger partial charge on any atom is -0.365 e. The summed E-state index contributed by atoms with van der Waals surface area (Å²) < 4.78 is 6.80. The standard InChI is InChI=1S/C32H30O/c1-5-15-27(16-6-1)19-13-25-31(29-21-9-3-10-22-29)33-32(30-23-11-4-12-24-30)26-14-20-28-17-7-2-8-18-28/h1-24,31-32H,25-26H2/b19-13+,20-14+. The Bertz CT molecular complexity index is 1020. The fraction of sp³-hybridized carbons (Fsp3) is 0.125. The van der Waals surface area contributed by atoms with E-state index in [0.29, 0.717) is 0 Å². The van der Waals surface area contributed by atoms with E-state index in [9.17, 15) is 0 Å². The van der Waals surface area contributed by atoms with Crippen molar-refractivity contribution < 1.29 is 4.74 Å². The van der Waals surface area contributed by atoms with Crippen LogP contribution in [0.4, 0.5) is 0 Å². The summed E-state index contributed by atoms with van der Waals surface area (Å²) in [6.07, 6.45) is 10.3. The highest BCUT2D eigenvalue weighted by atomic mass is 16.5. The zero-order valence-electron chi connectivity index (χ0n) is 18.8. The second-order valence-electron chi connectivity index (χ2n) is 8.03. The third-order valence-electron chi connectivity index (χ3n) is 5.59. The molecular formula is C32H30O. The summed E-state index contributed by atoms with van der Waals surface area (Å²) in [7, 11) is 0. The molecule has 0 fully saturated rings. The van der Waals surface area contributed by atoms with Gasteiger partial charge in [-0.05, 0) is 35.1 Å². The topological polar surface area (TPSA) is 9.23 Å². The third-order valence-corrected chi connectivity index (χ3v) is 5.59. The molecule has 0 saturated heterocycles. The molecule has 0 aromatic heterocycles. The normalized spacial score (nSPS) is 13.3. The van der Waals surface area contributed by atoms with Crippen molar-refractivity contribution in [1.82, 2.24) is 0 Å². The maximum atomic E-state index is 6.80. The summed E-state index contributed by atoms with van der Waals surface area (Å²) >= 11 is 0. The van der Waals surface area contributed by atoms with Crippen LogP contribution in [0.25, 0.3) is 12.2 Å². The molecule has 164 valence electrons. The minimum absolute atomic E-state index is 0.0264. The largest absolute Gasteiger partial charge is 0.365 e. The van der Waals surface area contributed by atoms with Gasteiger partial charge in [0.1, 0.15) is 0 Å². The van der Waals surface area contributed by atoms with Crippen LogP contribution >= 0.6 is 0 Å². The SMILES string of the molecule is C(=C\c1ccccc1)/CC(OC(C/C=C/c1ccccc1)c1ccccc1)c1ccccc1. The summed E-state index contributed by atoms with van der Waals surface area (Å²) in [6.45, 7) is 0. The average molecular weight is 431 g/mol. The van der Waals surface area contributed by atoms with E-state index in [1.54, 1.807) is 0 Å². The lowest BCUT2D eigenvalue weighted by atomic mass is 10.0. The van der Waals surface area contributed by atoms with Gasteiger partial charge in [-0.3, -0.25) is 0 Å². The first-order chi connectivity index (χ1) is 16.4. The third kappa shape index (κ3) is 7.17. The summed E-state index contributed by atoms with van der Waals surface area (Å²) in [5, 5.41) is 0. The molecule has 4 aromatic carbocycles. The molecule has 0 aliphatic rings. The van der Waals surface area contributed by atoms with E-state index in [0.717, 1.165) is 12.8 Å². The van der Waals surface area contributed by atoms with Crippen LogP contribution in [0.15, 0.2) is 133 Å². The van der Waals surface area contributed by atoms with Crippen molar-refractivity contribution in [2.45, 2.75) is 25.0 Å².